The van der Waals surface area contributed by atoms with Crippen molar-refractivity contribution in [3.8, 4) is 0 Å². The van der Waals surface area contributed by atoms with Crippen LogP contribution >= 0.6 is 11.8 Å². The number of Topliss-reactive ketones (excluding diaryl/α,β-unsaturated/α-hetero) is 1. The number of ketones is 1. The topological polar surface area (TPSA) is 42.0 Å². The van der Waals surface area contributed by atoms with Crippen molar-refractivity contribution in [1.29, 1.82) is 0 Å². The van der Waals surface area contributed by atoms with Crippen LogP contribution in [0, 0.1) is 5.92 Å². The Hall–Kier alpha value is -0.930. The molecule has 1 aromatic heterocycles. The van der Waals surface area contributed by atoms with Crippen LogP contribution in [-0.4, -0.2) is 16.8 Å². The van der Waals surface area contributed by atoms with Gasteiger partial charge >= 0.3 is 0 Å². The highest BCUT2D eigenvalue weighted by Gasteiger charge is 2.22. The van der Waals surface area contributed by atoms with Gasteiger partial charge in [-0.25, -0.2) is 4.84 Å². The standard InChI is InChI=1S/C10H13ClN2O/c1-7(2)9(13-11)10(14)8-4-3-5-12-6-8/h3-7,9,13H,1-2H3/t9-/m0/s1. The third-order valence-corrected chi connectivity index (χ3v) is 2.25. The van der Waals surface area contributed by atoms with Crippen molar-refractivity contribution >= 4 is 17.6 Å². The summed E-state index contributed by atoms with van der Waals surface area (Å²) in [5, 5.41) is 0. The van der Waals surface area contributed by atoms with Gasteiger partial charge in [0.15, 0.2) is 5.78 Å². The summed E-state index contributed by atoms with van der Waals surface area (Å²) < 4.78 is 0. The number of rotatable bonds is 4. The highest BCUT2D eigenvalue weighted by atomic mass is 35.5. The van der Waals surface area contributed by atoms with Crippen LogP contribution in [0.15, 0.2) is 24.5 Å². The molecule has 3 nitrogen and oxygen atoms in total. The van der Waals surface area contributed by atoms with Gasteiger partial charge in [-0.15, -0.1) is 0 Å². The van der Waals surface area contributed by atoms with E-state index in [1.165, 1.54) is 0 Å². The van der Waals surface area contributed by atoms with Gasteiger partial charge in [-0.2, -0.15) is 0 Å². The van der Waals surface area contributed by atoms with Gasteiger partial charge < -0.3 is 0 Å². The molecule has 0 unspecified atom stereocenters. The second kappa shape index (κ2) is 5.08. The molecular formula is C10H13ClN2O. The van der Waals surface area contributed by atoms with E-state index in [-0.39, 0.29) is 17.7 Å². The highest BCUT2D eigenvalue weighted by Crippen LogP contribution is 2.10. The fourth-order valence-electron chi connectivity index (χ4n) is 1.17. The zero-order chi connectivity index (χ0) is 10.6. The maximum Gasteiger partial charge on any atom is 0.182 e. The number of aromatic nitrogens is 1. The van der Waals surface area contributed by atoms with Gasteiger partial charge in [0.05, 0.1) is 6.04 Å². The smallest absolute Gasteiger partial charge is 0.182 e. The number of hydrogen-bond donors (Lipinski definition) is 1. The third-order valence-electron chi connectivity index (χ3n) is 2.01. The fourth-order valence-corrected chi connectivity index (χ4v) is 1.52. The quantitative estimate of drug-likeness (QED) is 0.614. The summed E-state index contributed by atoms with van der Waals surface area (Å²) in [5.41, 5.74) is 0.583. The third kappa shape index (κ3) is 2.53. The average molecular weight is 213 g/mol. The SMILES string of the molecule is CC(C)[C@H](NCl)C(=O)c1cccnc1. The van der Waals surface area contributed by atoms with Gasteiger partial charge in [0.1, 0.15) is 0 Å². The molecule has 0 fully saturated rings. The van der Waals surface area contributed by atoms with Gasteiger partial charge in [0.25, 0.3) is 0 Å². The molecule has 0 saturated carbocycles. The highest BCUT2D eigenvalue weighted by molar-refractivity contribution is 6.16. The first kappa shape index (κ1) is 11.1. The number of nitrogens with zero attached hydrogens (tertiary/aromatic N) is 1. The van der Waals surface area contributed by atoms with Gasteiger partial charge in [0, 0.05) is 18.0 Å². The van der Waals surface area contributed by atoms with Crippen molar-refractivity contribution < 1.29 is 4.79 Å². The first-order chi connectivity index (χ1) is 6.66. The van der Waals surface area contributed by atoms with Crippen LogP contribution in [0.25, 0.3) is 0 Å². The molecule has 1 aromatic rings. The Morgan fingerprint density at radius 2 is 2.29 bits per heavy atom. The lowest BCUT2D eigenvalue weighted by Crippen LogP contribution is -2.35. The minimum atomic E-state index is -0.360. The molecule has 0 aliphatic carbocycles. The van der Waals surface area contributed by atoms with E-state index in [0.29, 0.717) is 5.56 Å². The van der Waals surface area contributed by atoms with Crippen LogP contribution in [0.1, 0.15) is 24.2 Å². The van der Waals surface area contributed by atoms with Crippen molar-refractivity contribution in [3.05, 3.63) is 30.1 Å². The number of carbonyl (C=O) groups is 1. The van der Waals surface area contributed by atoms with Crippen LogP contribution < -0.4 is 4.84 Å². The molecule has 0 bridgehead atoms. The summed E-state index contributed by atoms with van der Waals surface area (Å²) in [5.74, 6) is 0.128. The maximum atomic E-state index is 11.8. The molecule has 0 aliphatic rings. The lowest BCUT2D eigenvalue weighted by molar-refractivity contribution is 0.0931. The molecule has 0 aliphatic heterocycles. The molecular weight excluding hydrogens is 200 g/mol. The van der Waals surface area contributed by atoms with Gasteiger partial charge in [-0.05, 0) is 29.8 Å². The van der Waals surface area contributed by atoms with E-state index in [0.717, 1.165) is 0 Å². The molecule has 14 heavy (non-hydrogen) atoms. The molecule has 0 aromatic carbocycles. The Morgan fingerprint density at radius 1 is 1.57 bits per heavy atom. The Balaban J connectivity index is 2.84. The first-order valence-corrected chi connectivity index (χ1v) is 4.85. The summed E-state index contributed by atoms with van der Waals surface area (Å²) in [4.78, 5) is 18.2. The molecule has 1 atom stereocenters. The summed E-state index contributed by atoms with van der Waals surface area (Å²) in [6, 6.07) is 3.11. The summed E-state index contributed by atoms with van der Waals surface area (Å²) in [6.45, 7) is 3.88. The van der Waals surface area contributed by atoms with Crippen molar-refractivity contribution in [2.75, 3.05) is 0 Å². The molecule has 1 heterocycles. The van der Waals surface area contributed by atoms with Gasteiger partial charge in [-0.3, -0.25) is 9.78 Å². The predicted octanol–water partition coefficient (Wildman–Crippen LogP) is 2.03. The van der Waals surface area contributed by atoms with Crippen LogP contribution in [0.3, 0.4) is 0 Å². The van der Waals surface area contributed by atoms with Crippen LogP contribution in [-0.2, 0) is 0 Å². The second-order valence-corrected chi connectivity index (χ2v) is 3.65. The number of hydrogen-bond acceptors (Lipinski definition) is 3. The van der Waals surface area contributed by atoms with Crippen molar-refractivity contribution in [1.82, 2.24) is 9.82 Å². The van der Waals surface area contributed by atoms with Crippen molar-refractivity contribution in [3.63, 3.8) is 0 Å². The summed E-state index contributed by atoms with van der Waals surface area (Å²) in [7, 11) is 0. The number of pyridine rings is 1. The van der Waals surface area contributed by atoms with Crippen molar-refractivity contribution in [2.24, 2.45) is 5.92 Å². The summed E-state index contributed by atoms with van der Waals surface area (Å²) >= 11 is 5.52. The van der Waals surface area contributed by atoms with Gasteiger partial charge in [0.2, 0.25) is 0 Å². The Morgan fingerprint density at radius 3 is 2.71 bits per heavy atom. The van der Waals surface area contributed by atoms with Crippen LogP contribution in [0.2, 0.25) is 0 Å². The molecule has 1 N–H and O–H groups in total. The average Bonchev–Trinajstić information content (AvgIpc) is 2.19. The van der Waals surface area contributed by atoms with E-state index in [9.17, 15) is 4.79 Å². The molecule has 4 heteroatoms. The molecule has 0 saturated heterocycles. The molecule has 1 rings (SSSR count). The fraction of sp³-hybridized carbons (Fsp3) is 0.400. The zero-order valence-electron chi connectivity index (χ0n) is 8.20. The normalized spacial score (nSPS) is 12.9. The maximum absolute atomic E-state index is 11.8. The number of halogens is 1. The molecule has 0 amide bonds. The largest absolute Gasteiger partial charge is 0.292 e. The van der Waals surface area contributed by atoms with E-state index in [1.807, 2.05) is 13.8 Å². The van der Waals surface area contributed by atoms with Gasteiger partial charge in [-0.1, -0.05) is 13.8 Å². The Bertz CT molecular complexity index is 300. The molecule has 0 radical (unpaired) electrons. The second-order valence-electron chi connectivity index (χ2n) is 3.44. The summed E-state index contributed by atoms with van der Waals surface area (Å²) in [6.07, 6.45) is 3.18. The predicted molar refractivity (Wildman–Crippen MR) is 56.2 cm³/mol. The van der Waals surface area contributed by atoms with E-state index < -0.39 is 0 Å². The minimum absolute atomic E-state index is 0.0249. The monoisotopic (exact) mass is 212 g/mol. The number of carbonyl (C=O) groups excluding carboxylic acids is 1. The van der Waals surface area contributed by atoms with E-state index in [2.05, 4.69) is 9.82 Å². The van der Waals surface area contributed by atoms with E-state index in [1.54, 1.807) is 24.5 Å². The van der Waals surface area contributed by atoms with Crippen LogP contribution in [0.5, 0.6) is 0 Å². The molecule has 0 spiro atoms. The number of nitrogens with one attached hydrogen (secondary N) is 1. The lowest BCUT2D eigenvalue weighted by atomic mass is 9.97. The molecule has 76 valence electrons. The zero-order valence-corrected chi connectivity index (χ0v) is 8.95. The first-order valence-electron chi connectivity index (χ1n) is 4.47. The lowest BCUT2D eigenvalue weighted by Gasteiger charge is -2.16. The van der Waals surface area contributed by atoms with Crippen LogP contribution in [0.4, 0.5) is 0 Å². The Kier molecular flexibility index (Phi) is 4.04. The Labute approximate surface area is 88.6 Å². The van der Waals surface area contributed by atoms with E-state index in [4.69, 9.17) is 11.8 Å². The van der Waals surface area contributed by atoms with Crippen molar-refractivity contribution in [2.45, 2.75) is 19.9 Å². The minimum Gasteiger partial charge on any atom is -0.292 e. The van der Waals surface area contributed by atoms with E-state index >= 15 is 0 Å².